The quantitative estimate of drug-likeness (QED) is 0.784. The number of aryl methyl sites for hydroxylation is 1. The number of amides is 1. The number of hydrogen-bond acceptors (Lipinski definition) is 4. The Morgan fingerprint density at radius 3 is 2.71 bits per heavy atom. The van der Waals surface area contributed by atoms with Crippen LogP contribution >= 0.6 is 11.8 Å². The molecule has 1 unspecified atom stereocenters. The van der Waals surface area contributed by atoms with Crippen LogP contribution in [0.5, 0.6) is 0 Å². The average Bonchev–Trinajstić information content (AvgIpc) is 2.97. The van der Waals surface area contributed by atoms with Crippen molar-refractivity contribution in [3.63, 3.8) is 0 Å². The lowest BCUT2D eigenvalue weighted by molar-refractivity contribution is -0.112. The van der Waals surface area contributed by atoms with Crippen LogP contribution in [0.2, 0.25) is 0 Å². The summed E-state index contributed by atoms with van der Waals surface area (Å²) in [5, 5.41) is 6.21. The van der Waals surface area contributed by atoms with E-state index in [4.69, 9.17) is 0 Å². The number of thioether (sulfide) groups is 1. The van der Waals surface area contributed by atoms with Gasteiger partial charge < -0.3 is 4.79 Å². The topological polar surface area (TPSA) is 55.2 Å². The van der Waals surface area contributed by atoms with Gasteiger partial charge in [0.05, 0.1) is 12.2 Å². The summed E-state index contributed by atoms with van der Waals surface area (Å²) in [5.41, 5.74) is 2.17. The summed E-state index contributed by atoms with van der Waals surface area (Å²) in [6, 6.07) is 9.41. The fourth-order valence-electron chi connectivity index (χ4n) is 2.89. The fraction of sp³-hybridized carbons (Fsp3) is 0.278. The van der Waals surface area contributed by atoms with Crippen molar-refractivity contribution in [2.75, 3.05) is 4.90 Å². The highest BCUT2D eigenvalue weighted by molar-refractivity contribution is 8.01. The molecule has 1 aromatic carbocycles. The summed E-state index contributed by atoms with van der Waals surface area (Å²) in [6.45, 7) is 7.76. The second-order valence-electron chi connectivity index (χ2n) is 6.11. The van der Waals surface area contributed by atoms with Crippen LogP contribution in [0, 0.1) is 6.92 Å². The van der Waals surface area contributed by atoms with Crippen molar-refractivity contribution >= 4 is 29.6 Å². The van der Waals surface area contributed by atoms with Crippen LogP contribution in [-0.2, 0) is 17.1 Å². The molecule has 0 aliphatic carbocycles. The van der Waals surface area contributed by atoms with Gasteiger partial charge in [0.15, 0.2) is 0 Å². The molecule has 0 spiro atoms. The van der Waals surface area contributed by atoms with Crippen molar-refractivity contribution < 1.29 is 9.59 Å². The third-order valence-electron chi connectivity index (χ3n) is 4.13. The SMILES string of the molecule is C=CSCc1cc2n(n1)CC(C)(C=O)N(c1ccc(C)cc1)C2=O. The number of nitrogens with zero attached hydrogens (tertiary/aromatic N) is 3. The second-order valence-corrected chi connectivity index (χ2v) is 7.06. The number of hydrogen-bond donors (Lipinski definition) is 0. The molecule has 0 bridgehead atoms. The molecule has 0 radical (unpaired) electrons. The third-order valence-corrected chi connectivity index (χ3v) is 4.83. The molecule has 6 heteroatoms. The Bertz CT molecular complexity index is 797. The Labute approximate surface area is 145 Å². The molecule has 24 heavy (non-hydrogen) atoms. The molecular formula is C18H19N3O2S. The van der Waals surface area contributed by atoms with E-state index in [-0.39, 0.29) is 5.91 Å². The van der Waals surface area contributed by atoms with Crippen LogP contribution in [0.3, 0.4) is 0 Å². The molecule has 0 saturated carbocycles. The maximum absolute atomic E-state index is 13.0. The second kappa shape index (κ2) is 6.28. The van der Waals surface area contributed by atoms with Crippen molar-refractivity contribution in [1.29, 1.82) is 0 Å². The zero-order chi connectivity index (χ0) is 17.3. The molecule has 1 aromatic heterocycles. The van der Waals surface area contributed by atoms with Crippen LogP contribution in [0.4, 0.5) is 5.69 Å². The number of fused-ring (bicyclic) bond motifs is 1. The predicted molar refractivity (Wildman–Crippen MR) is 96.2 cm³/mol. The van der Waals surface area contributed by atoms with Crippen LogP contribution in [0.25, 0.3) is 0 Å². The molecule has 1 amide bonds. The first-order chi connectivity index (χ1) is 11.5. The Morgan fingerprint density at radius 1 is 1.38 bits per heavy atom. The van der Waals surface area contributed by atoms with Crippen LogP contribution in [-0.4, -0.2) is 27.5 Å². The van der Waals surface area contributed by atoms with Gasteiger partial charge in [-0.15, -0.1) is 11.8 Å². The van der Waals surface area contributed by atoms with Crippen molar-refractivity contribution in [2.24, 2.45) is 0 Å². The molecule has 1 aliphatic heterocycles. The van der Waals surface area contributed by atoms with E-state index in [1.807, 2.05) is 31.2 Å². The Hall–Kier alpha value is -2.34. The molecule has 2 aromatic rings. The summed E-state index contributed by atoms with van der Waals surface area (Å²) >= 11 is 1.52. The summed E-state index contributed by atoms with van der Waals surface area (Å²) in [7, 11) is 0. The molecule has 5 nitrogen and oxygen atoms in total. The van der Waals surface area contributed by atoms with Gasteiger partial charge in [0.25, 0.3) is 5.91 Å². The van der Waals surface area contributed by atoms with E-state index in [1.165, 1.54) is 11.8 Å². The smallest absolute Gasteiger partial charge is 0.277 e. The molecule has 0 N–H and O–H groups in total. The number of carbonyl (C=O) groups excluding carboxylic acids is 2. The van der Waals surface area contributed by atoms with Gasteiger partial charge in [0.1, 0.15) is 17.5 Å². The van der Waals surface area contributed by atoms with E-state index >= 15 is 0 Å². The molecule has 3 rings (SSSR count). The maximum atomic E-state index is 13.0. The zero-order valence-electron chi connectivity index (χ0n) is 13.7. The predicted octanol–water partition coefficient (Wildman–Crippen LogP) is 3.19. The zero-order valence-corrected chi connectivity index (χ0v) is 14.5. The lowest BCUT2D eigenvalue weighted by Crippen LogP contribution is -2.58. The molecular weight excluding hydrogens is 322 g/mol. The summed E-state index contributed by atoms with van der Waals surface area (Å²) in [4.78, 5) is 26.4. The molecule has 0 fully saturated rings. The van der Waals surface area contributed by atoms with Gasteiger partial charge in [-0.25, -0.2) is 0 Å². The lowest BCUT2D eigenvalue weighted by Gasteiger charge is -2.40. The van der Waals surface area contributed by atoms with Gasteiger partial charge in [0.2, 0.25) is 0 Å². The minimum Gasteiger partial charge on any atom is -0.301 e. The normalized spacial score (nSPS) is 19.9. The number of aromatic nitrogens is 2. The fourth-order valence-corrected chi connectivity index (χ4v) is 3.32. The van der Waals surface area contributed by atoms with E-state index in [1.54, 1.807) is 28.0 Å². The van der Waals surface area contributed by atoms with Gasteiger partial charge in [-0.05, 0) is 37.5 Å². The van der Waals surface area contributed by atoms with Crippen LogP contribution < -0.4 is 4.90 Å². The number of benzene rings is 1. The Kier molecular flexibility index (Phi) is 4.32. The summed E-state index contributed by atoms with van der Waals surface area (Å²) < 4.78 is 1.64. The minimum atomic E-state index is -0.964. The van der Waals surface area contributed by atoms with Crippen molar-refractivity contribution in [2.45, 2.75) is 31.7 Å². The van der Waals surface area contributed by atoms with Crippen molar-refractivity contribution in [1.82, 2.24) is 9.78 Å². The van der Waals surface area contributed by atoms with E-state index in [0.717, 1.165) is 23.2 Å². The highest BCUT2D eigenvalue weighted by atomic mass is 32.2. The van der Waals surface area contributed by atoms with E-state index in [0.29, 0.717) is 18.0 Å². The van der Waals surface area contributed by atoms with E-state index < -0.39 is 5.54 Å². The Morgan fingerprint density at radius 2 is 2.08 bits per heavy atom. The number of aldehydes is 1. The van der Waals surface area contributed by atoms with Gasteiger partial charge in [-0.2, -0.15) is 5.10 Å². The lowest BCUT2D eigenvalue weighted by atomic mass is 9.97. The third kappa shape index (κ3) is 2.78. The largest absolute Gasteiger partial charge is 0.301 e. The standard InChI is InChI=1S/C18H19N3O2S/c1-4-24-10-14-9-16-17(23)21(15-7-5-13(2)6-8-15)18(3,12-22)11-20(16)19-14/h4-9,12H,1,10-11H2,2-3H3. The highest BCUT2D eigenvalue weighted by Crippen LogP contribution is 2.31. The van der Waals surface area contributed by atoms with Gasteiger partial charge in [-0.3, -0.25) is 14.4 Å². The summed E-state index contributed by atoms with van der Waals surface area (Å²) in [6.07, 6.45) is 0.827. The highest BCUT2D eigenvalue weighted by Gasteiger charge is 2.43. The maximum Gasteiger partial charge on any atom is 0.277 e. The van der Waals surface area contributed by atoms with Crippen LogP contribution in [0.1, 0.15) is 28.7 Å². The molecule has 1 aliphatic rings. The molecule has 0 saturated heterocycles. The number of anilines is 1. The van der Waals surface area contributed by atoms with Gasteiger partial charge >= 0.3 is 0 Å². The first-order valence-electron chi connectivity index (χ1n) is 7.65. The molecule has 124 valence electrons. The number of carbonyl (C=O) groups is 2. The monoisotopic (exact) mass is 341 g/mol. The minimum absolute atomic E-state index is 0.206. The van der Waals surface area contributed by atoms with Gasteiger partial charge in [-0.1, -0.05) is 24.3 Å². The average molecular weight is 341 g/mol. The number of rotatable bonds is 5. The molecule has 1 atom stereocenters. The van der Waals surface area contributed by atoms with E-state index in [9.17, 15) is 9.59 Å². The molecule has 2 heterocycles. The van der Waals surface area contributed by atoms with Crippen molar-refractivity contribution in [3.05, 3.63) is 59.3 Å². The van der Waals surface area contributed by atoms with Crippen molar-refractivity contribution in [3.8, 4) is 0 Å². The van der Waals surface area contributed by atoms with E-state index in [2.05, 4.69) is 11.7 Å². The van der Waals surface area contributed by atoms with Crippen LogP contribution in [0.15, 0.2) is 42.3 Å². The first-order valence-corrected chi connectivity index (χ1v) is 8.70. The van der Waals surface area contributed by atoms with Gasteiger partial charge in [0, 0.05) is 11.4 Å². The summed E-state index contributed by atoms with van der Waals surface area (Å²) in [5.74, 6) is 0.445. The Balaban J connectivity index is 2.04. The first kappa shape index (κ1) is 16.5.